The van der Waals surface area contributed by atoms with E-state index in [0.717, 1.165) is 17.7 Å². The van der Waals surface area contributed by atoms with Crippen molar-refractivity contribution in [3.63, 3.8) is 0 Å². The van der Waals surface area contributed by atoms with E-state index in [2.05, 4.69) is 29.4 Å². The summed E-state index contributed by atoms with van der Waals surface area (Å²) in [7, 11) is 0. The molecule has 0 aliphatic heterocycles. The van der Waals surface area contributed by atoms with Crippen molar-refractivity contribution in [2.75, 3.05) is 0 Å². The normalized spacial score (nSPS) is 12.4. The van der Waals surface area contributed by atoms with Gasteiger partial charge in [0.15, 0.2) is 5.69 Å². The van der Waals surface area contributed by atoms with Crippen LogP contribution in [0, 0.1) is 18.7 Å². The quantitative estimate of drug-likeness (QED) is 0.712. The number of nitrogens with one attached hydrogen (secondary N) is 1. The first-order valence-electron chi connectivity index (χ1n) is 8.92. The van der Waals surface area contributed by atoms with Gasteiger partial charge in [0.2, 0.25) is 0 Å². The van der Waals surface area contributed by atoms with E-state index < -0.39 is 0 Å². The van der Waals surface area contributed by atoms with Crippen molar-refractivity contribution in [2.24, 2.45) is 5.92 Å². The summed E-state index contributed by atoms with van der Waals surface area (Å²) in [6.45, 7) is 7.90. The fourth-order valence-electron chi connectivity index (χ4n) is 2.98. The molecule has 0 saturated carbocycles. The third-order valence-electron chi connectivity index (χ3n) is 4.32. The number of amides is 1. The lowest BCUT2D eigenvalue weighted by atomic mass is 10.1. The van der Waals surface area contributed by atoms with Gasteiger partial charge < -0.3 is 9.84 Å². The van der Waals surface area contributed by atoms with Crippen molar-refractivity contribution in [2.45, 2.75) is 40.2 Å². The highest BCUT2D eigenvalue weighted by molar-refractivity contribution is 5.92. The molecule has 0 saturated heterocycles. The van der Waals surface area contributed by atoms with Gasteiger partial charge in [-0.2, -0.15) is 5.10 Å². The Hall–Kier alpha value is -2.96. The summed E-state index contributed by atoms with van der Waals surface area (Å²) in [5, 5.41) is 11.1. The molecule has 2 heterocycles. The average Bonchev–Trinajstić information content (AvgIpc) is 3.21. The predicted octanol–water partition coefficient (Wildman–Crippen LogP) is 4.00. The molecule has 2 aromatic heterocycles. The number of carbonyl (C=O) groups is 1. The molecule has 142 valence electrons. The molecule has 0 fully saturated rings. The SMILES string of the molecule is Cc1c([C@@H](C)NC(=O)c2cc(CC(C)C)on2)cnn1-c1cccc(F)c1. The van der Waals surface area contributed by atoms with Crippen molar-refractivity contribution in [1.82, 2.24) is 20.3 Å². The van der Waals surface area contributed by atoms with Gasteiger partial charge in [-0.25, -0.2) is 9.07 Å². The third-order valence-corrected chi connectivity index (χ3v) is 4.32. The Labute approximate surface area is 157 Å². The lowest BCUT2D eigenvalue weighted by molar-refractivity contribution is 0.0930. The van der Waals surface area contributed by atoms with Crippen LogP contribution in [0.4, 0.5) is 4.39 Å². The standard InChI is InChI=1S/C20H23FN4O2/c1-12(2)8-17-10-19(24-27-17)20(26)23-13(3)18-11-22-25(14(18)4)16-7-5-6-15(21)9-16/h5-7,9-13H,8H2,1-4H3,(H,23,26)/t13-/m1/s1. The molecular weight excluding hydrogens is 347 g/mol. The van der Waals surface area contributed by atoms with E-state index in [4.69, 9.17) is 4.52 Å². The topological polar surface area (TPSA) is 73.0 Å². The Morgan fingerprint density at radius 2 is 2.07 bits per heavy atom. The first kappa shape index (κ1) is 18.8. The second-order valence-corrected chi connectivity index (χ2v) is 7.05. The zero-order valence-corrected chi connectivity index (χ0v) is 15.9. The van der Waals surface area contributed by atoms with Crippen LogP contribution in [0.3, 0.4) is 0 Å². The molecule has 0 unspecified atom stereocenters. The second-order valence-electron chi connectivity index (χ2n) is 7.05. The van der Waals surface area contributed by atoms with Crippen LogP contribution in [0.1, 0.15) is 54.3 Å². The maximum Gasteiger partial charge on any atom is 0.273 e. The molecule has 0 aliphatic carbocycles. The molecule has 1 atom stereocenters. The Kier molecular flexibility index (Phi) is 5.39. The molecule has 0 aliphatic rings. The molecule has 0 radical (unpaired) electrons. The van der Waals surface area contributed by atoms with Gasteiger partial charge in [-0.05, 0) is 38.0 Å². The van der Waals surface area contributed by atoms with E-state index in [1.54, 1.807) is 29.1 Å². The molecule has 3 aromatic rings. The van der Waals surface area contributed by atoms with Crippen LogP contribution in [-0.4, -0.2) is 20.8 Å². The Morgan fingerprint density at radius 1 is 1.30 bits per heavy atom. The maximum absolute atomic E-state index is 13.5. The molecule has 1 N–H and O–H groups in total. The highest BCUT2D eigenvalue weighted by Gasteiger charge is 2.19. The van der Waals surface area contributed by atoms with Crippen molar-refractivity contribution in [1.29, 1.82) is 0 Å². The predicted molar refractivity (Wildman–Crippen MR) is 99.2 cm³/mol. The number of aromatic nitrogens is 3. The smallest absolute Gasteiger partial charge is 0.273 e. The zero-order valence-electron chi connectivity index (χ0n) is 15.9. The van der Waals surface area contributed by atoms with Gasteiger partial charge >= 0.3 is 0 Å². The number of rotatable bonds is 6. The summed E-state index contributed by atoms with van der Waals surface area (Å²) in [6.07, 6.45) is 2.41. The number of hydrogen-bond acceptors (Lipinski definition) is 4. The third kappa shape index (κ3) is 4.24. The summed E-state index contributed by atoms with van der Waals surface area (Å²) < 4.78 is 20.3. The molecule has 3 rings (SSSR count). The molecule has 7 heteroatoms. The van der Waals surface area contributed by atoms with Gasteiger partial charge in [0, 0.05) is 23.7 Å². The van der Waals surface area contributed by atoms with Gasteiger partial charge in [0.1, 0.15) is 11.6 Å². The van der Waals surface area contributed by atoms with Crippen molar-refractivity contribution in [3.05, 3.63) is 65.1 Å². The van der Waals surface area contributed by atoms with Crippen LogP contribution in [0.2, 0.25) is 0 Å². The van der Waals surface area contributed by atoms with E-state index in [1.165, 1.54) is 12.1 Å². The monoisotopic (exact) mass is 370 g/mol. The van der Waals surface area contributed by atoms with Crippen LogP contribution in [0.5, 0.6) is 0 Å². The number of carbonyl (C=O) groups excluding carboxylic acids is 1. The summed E-state index contributed by atoms with van der Waals surface area (Å²) in [4.78, 5) is 12.4. The lowest BCUT2D eigenvalue weighted by Crippen LogP contribution is -2.27. The van der Waals surface area contributed by atoms with E-state index in [9.17, 15) is 9.18 Å². The molecular formula is C20H23FN4O2. The van der Waals surface area contributed by atoms with E-state index in [1.807, 2.05) is 13.8 Å². The molecule has 0 spiro atoms. The summed E-state index contributed by atoms with van der Waals surface area (Å²) in [5.41, 5.74) is 2.56. The summed E-state index contributed by atoms with van der Waals surface area (Å²) in [5.74, 6) is 0.481. The fraction of sp³-hybridized carbons (Fsp3) is 0.350. The van der Waals surface area contributed by atoms with E-state index >= 15 is 0 Å². The number of hydrogen-bond donors (Lipinski definition) is 1. The highest BCUT2D eigenvalue weighted by atomic mass is 19.1. The van der Waals surface area contributed by atoms with Crippen LogP contribution in [0.15, 0.2) is 41.1 Å². The molecule has 27 heavy (non-hydrogen) atoms. The van der Waals surface area contributed by atoms with Gasteiger partial charge in [-0.15, -0.1) is 0 Å². The lowest BCUT2D eigenvalue weighted by Gasteiger charge is -2.13. The molecule has 6 nitrogen and oxygen atoms in total. The average molecular weight is 370 g/mol. The second kappa shape index (κ2) is 7.73. The van der Waals surface area contributed by atoms with Gasteiger partial charge in [0.25, 0.3) is 5.91 Å². The number of halogens is 1. The van der Waals surface area contributed by atoms with Crippen LogP contribution >= 0.6 is 0 Å². The minimum absolute atomic E-state index is 0.257. The Morgan fingerprint density at radius 3 is 2.78 bits per heavy atom. The van der Waals surface area contributed by atoms with Crippen LogP contribution in [0.25, 0.3) is 5.69 Å². The summed E-state index contributed by atoms with van der Waals surface area (Å²) in [6, 6.07) is 7.60. The number of nitrogens with zero attached hydrogens (tertiary/aromatic N) is 3. The van der Waals surface area contributed by atoms with Gasteiger partial charge in [-0.3, -0.25) is 4.79 Å². The van der Waals surface area contributed by atoms with Gasteiger partial charge in [-0.1, -0.05) is 25.1 Å². The van der Waals surface area contributed by atoms with E-state index in [0.29, 0.717) is 17.4 Å². The number of benzene rings is 1. The van der Waals surface area contributed by atoms with E-state index in [-0.39, 0.29) is 23.5 Å². The zero-order chi connectivity index (χ0) is 19.6. The molecule has 1 aromatic carbocycles. The fourth-order valence-corrected chi connectivity index (χ4v) is 2.98. The largest absolute Gasteiger partial charge is 0.361 e. The van der Waals surface area contributed by atoms with Crippen molar-refractivity contribution < 1.29 is 13.7 Å². The Balaban J connectivity index is 1.74. The maximum atomic E-state index is 13.5. The molecule has 0 bridgehead atoms. The van der Waals surface area contributed by atoms with Crippen LogP contribution < -0.4 is 5.32 Å². The molecule has 1 amide bonds. The minimum Gasteiger partial charge on any atom is -0.361 e. The van der Waals surface area contributed by atoms with Crippen molar-refractivity contribution >= 4 is 5.91 Å². The Bertz CT molecular complexity index is 945. The first-order chi connectivity index (χ1) is 12.8. The first-order valence-corrected chi connectivity index (χ1v) is 8.92. The van der Waals surface area contributed by atoms with Gasteiger partial charge in [0.05, 0.1) is 17.9 Å². The highest BCUT2D eigenvalue weighted by Crippen LogP contribution is 2.21. The summed E-state index contributed by atoms with van der Waals surface area (Å²) >= 11 is 0. The van der Waals surface area contributed by atoms with Crippen molar-refractivity contribution in [3.8, 4) is 5.69 Å². The van der Waals surface area contributed by atoms with Crippen LogP contribution in [-0.2, 0) is 6.42 Å². The minimum atomic E-state index is -0.325.